The summed E-state index contributed by atoms with van der Waals surface area (Å²) in [4.78, 5) is 34.5. The average Bonchev–Trinajstić information content (AvgIpc) is 2.67. The first-order chi connectivity index (χ1) is 12.0. The van der Waals surface area contributed by atoms with E-state index in [0.29, 0.717) is 5.56 Å². The van der Waals surface area contributed by atoms with Crippen molar-refractivity contribution in [3.63, 3.8) is 0 Å². The Kier molecular flexibility index (Phi) is 7.86. The molecule has 0 bridgehead atoms. The van der Waals surface area contributed by atoms with Crippen molar-refractivity contribution >= 4 is 17.9 Å². The third kappa shape index (κ3) is 6.10. The number of hydrogen-bond donors (Lipinski definition) is 0. The molecule has 25 heavy (non-hydrogen) atoms. The van der Waals surface area contributed by atoms with Gasteiger partial charge in [-0.2, -0.15) is 0 Å². The van der Waals surface area contributed by atoms with Crippen LogP contribution in [0.4, 0.5) is 0 Å². The Labute approximate surface area is 146 Å². The highest BCUT2D eigenvalue weighted by atomic mass is 16.6. The van der Waals surface area contributed by atoms with E-state index < -0.39 is 23.3 Å². The van der Waals surface area contributed by atoms with Gasteiger partial charge in [0, 0.05) is 18.2 Å². The van der Waals surface area contributed by atoms with E-state index in [1.54, 1.807) is 30.3 Å². The summed E-state index contributed by atoms with van der Waals surface area (Å²) < 4.78 is 15.5. The van der Waals surface area contributed by atoms with Gasteiger partial charge in [0.25, 0.3) is 0 Å². The molecular formula is C19H20O6. The highest BCUT2D eigenvalue weighted by Crippen LogP contribution is 2.27. The molecule has 0 radical (unpaired) electrons. The van der Waals surface area contributed by atoms with Crippen molar-refractivity contribution in [2.75, 3.05) is 19.8 Å². The Morgan fingerprint density at radius 2 is 1.12 bits per heavy atom. The van der Waals surface area contributed by atoms with Gasteiger partial charge in [0.2, 0.25) is 0 Å². The number of ether oxygens (including phenoxy) is 3. The van der Waals surface area contributed by atoms with Gasteiger partial charge in [-0.25, -0.2) is 14.4 Å². The molecule has 0 atom stereocenters. The lowest BCUT2D eigenvalue weighted by Gasteiger charge is -2.32. The van der Waals surface area contributed by atoms with Crippen LogP contribution in [0.15, 0.2) is 68.3 Å². The maximum atomic E-state index is 11.5. The molecule has 0 fully saturated rings. The van der Waals surface area contributed by atoms with Crippen molar-refractivity contribution in [1.29, 1.82) is 0 Å². The lowest BCUT2D eigenvalue weighted by molar-refractivity contribution is -0.149. The average molecular weight is 344 g/mol. The highest BCUT2D eigenvalue weighted by Gasteiger charge is 2.37. The lowest BCUT2D eigenvalue weighted by Crippen LogP contribution is -2.43. The molecule has 0 aliphatic heterocycles. The maximum absolute atomic E-state index is 11.5. The summed E-state index contributed by atoms with van der Waals surface area (Å²) in [7, 11) is 0. The molecule has 0 saturated heterocycles. The van der Waals surface area contributed by atoms with E-state index in [4.69, 9.17) is 14.2 Å². The van der Waals surface area contributed by atoms with Gasteiger partial charge in [-0.3, -0.25) is 0 Å². The number of rotatable bonds is 10. The third-order valence-electron chi connectivity index (χ3n) is 3.36. The van der Waals surface area contributed by atoms with Crippen LogP contribution in [0.2, 0.25) is 0 Å². The van der Waals surface area contributed by atoms with Crippen molar-refractivity contribution in [3.8, 4) is 0 Å². The summed E-state index contributed by atoms with van der Waals surface area (Å²) in [6.45, 7) is 9.46. The second-order valence-electron chi connectivity index (χ2n) is 5.08. The molecule has 0 unspecified atom stereocenters. The predicted molar refractivity (Wildman–Crippen MR) is 91.6 cm³/mol. The third-order valence-corrected chi connectivity index (χ3v) is 3.36. The van der Waals surface area contributed by atoms with Crippen LogP contribution in [-0.4, -0.2) is 37.7 Å². The second-order valence-corrected chi connectivity index (χ2v) is 5.08. The van der Waals surface area contributed by atoms with E-state index in [1.807, 2.05) is 0 Å². The Bertz CT molecular complexity index is 587. The van der Waals surface area contributed by atoms with Crippen LogP contribution < -0.4 is 0 Å². The van der Waals surface area contributed by atoms with E-state index in [2.05, 4.69) is 19.7 Å². The predicted octanol–water partition coefficient (Wildman–Crippen LogP) is 2.11. The first kappa shape index (κ1) is 19.9. The van der Waals surface area contributed by atoms with Crippen LogP contribution in [0.3, 0.4) is 0 Å². The maximum Gasteiger partial charge on any atom is 0.330 e. The largest absolute Gasteiger partial charge is 0.461 e. The molecule has 0 N–H and O–H groups in total. The molecule has 0 spiro atoms. The van der Waals surface area contributed by atoms with Gasteiger partial charge < -0.3 is 14.2 Å². The zero-order valence-corrected chi connectivity index (χ0v) is 13.8. The van der Waals surface area contributed by atoms with Gasteiger partial charge in [0.1, 0.15) is 19.8 Å². The molecule has 0 aliphatic rings. The normalized spacial score (nSPS) is 10.2. The van der Waals surface area contributed by atoms with E-state index >= 15 is 0 Å². The molecule has 1 aromatic carbocycles. The molecule has 0 amide bonds. The summed E-state index contributed by atoms with van der Waals surface area (Å²) >= 11 is 0. The first-order valence-corrected chi connectivity index (χ1v) is 7.40. The molecule has 132 valence electrons. The minimum absolute atomic E-state index is 0.184. The molecule has 0 saturated carbocycles. The number of hydrogen-bond acceptors (Lipinski definition) is 6. The topological polar surface area (TPSA) is 78.9 Å². The summed E-state index contributed by atoms with van der Waals surface area (Å²) in [6.07, 6.45) is 3.05. The van der Waals surface area contributed by atoms with Crippen molar-refractivity contribution < 1.29 is 28.6 Å². The minimum atomic E-state index is -1.09. The second kappa shape index (κ2) is 9.87. The number of esters is 3. The molecule has 0 aliphatic carbocycles. The number of carbonyl (C=O) groups is 3. The Morgan fingerprint density at radius 1 is 0.760 bits per heavy atom. The van der Waals surface area contributed by atoms with E-state index in [9.17, 15) is 14.4 Å². The van der Waals surface area contributed by atoms with E-state index in [0.717, 1.165) is 18.2 Å². The smallest absolute Gasteiger partial charge is 0.330 e. The fourth-order valence-corrected chi connectivity index (χ4v) is 1.97. The molecule has 0 aromatic heterocycles. The molecular weight excluding hydrogens is 324 g/mol. The van der Waals surface area contributed by atoms with Crippen molar-refractivity contribution in [1.82, 2.24) is 0 Å². The lowest BCUT2D eigenvalue weighted by atomic mass is 9.82. The standard InChI is InChI=1S/C19H20O6/c1-4-16(20)23-12-19(13-24-17(21)5-2,14-25-18(22)6-3)15-10-8-7-9-11-15/h4-11H,1-3,12-14H2. The van der Waals surface area contributed by atoms with Gasteiger partial charge in [0.05, 0.1) is 5.41 Å². The van der Waals surface area contributed by atoms with E-state index in [1.165, 1.54) is 0 Å². The fourth-order valence-electron chi connectivity index (χ4n) is 1.97. The van der Waals surface area contributed by atoms with Crippen LogP contribution in [0, 0.1) is 0 Å². The van der Waals surface area contributed by atoms with Crippen LogP contribution in [-0.2, 0) is 34.0 Å². The van der Waals surface area contributed by atoms with Gasteiger partial charge in [0.15, 0.2) is 0 Å². The van der Waals surface area contributed by atoms with E-state index in [-0.39, 0.29) is 19.8 Å². The quantitative estimate of drug-likeness (QED) is 0.367. The van der Waals surface area contributed by atoms with Gasteiger partial charge in [-0.1, -0.05) is 50.1 Å². The van der Waals surface area contributed by atoms with Crippen molar-refractivity contribution in [2.24, 2.45) is 0 Å². The van der Waals surface area contributed by atoms with Gasteiger partial charge in [-0.05, 0) is 5.56 Å². The number of carbonyl (C=O) groups excluding carboxylic acids is 3. The summed E-state index contributed by atoms with van der Waals surface area (Å²) in [6, 6.07) is 8.85. The Hall–Kier alpha value is -3.15. The summed E-state index contributed by atoms with van der Waals surface area (Å²) in [5, 5.41) is 0. The number of benzene rings is 1. The first-order valence-electron chi connectivity index (χ1n) is 7.40. The molecule has 1 aromatic rings. The molecule has 6 nitrogen and oxygen atoms in total. The molecule has 0 heterocycles. The highest BCUT2D eigenvalue weighted by molar-refractivity contribution is 5.82. The zero-order valence-electron chi connectivity index (χ0n) is 13.8. The van der Waals surface area contributed by atoms with Crippen LogP contribution in [0.25, 0.3) is 0 Å². The Balaban J connectivity index is 3.17. The zero-order chi connectivity index (χ0) is 18.7. The molecule has 1 rings (SSSR count). The van der Waals surface area contributed by atoms with Gasteiger partial charge >= 0.3 is 17.9 Å². The molecule has 6 heteroatoms. The van der Waals surface area contributed by atoms with Crippen LogP contribution in [0.1, 0.15) is 5.56 Å². The van der Waals surface area contributed by atoms with Crippen LogP contribution in [0.5, 0.6) is 0 Å². The minimum Gasteiger partial charge on any atom is -0.461 e. The van der Waals surface area contributed by atoms with Gasteiger partial charge in [-0.15, -0.1) is 0 Å². The summed E-state index contributed by atoms with van der Waals surface area (Å²) in [5.41, 5.74) is -0.419. The monoisotopic (exact) mass is 344 g/mol. The van der Waals surface area contributed by atoms with Crippen molar-refractivity contribution in [3.05, 3.63) is 73.9 Å². The SMILES string of the molecule is C=CC(=O)OCC(COC(=O)C=C)(COC(=O)C=C)c1ccccc1. The Morgan fingerprint density at radius 3 is 1.44 bits per heavy atom. The van der Waals surface area contributed by atoms with Crippen LogP contribution >= 0.6 is 0 Å². The summed E-state index contributed by atoms with van der Waals surface area (Å²) in [5.74, 6) is -1.94. The fraction of sp³-hybridized carbons (Fsp3) is 0.211. The van der Waals surface area contributed by atoms with Crippen molar-refractivity contribution in [2.45, 2.75) is 5.41 Å².